The van der Waals surface area contributed by atoms with E-state index in [2.05, 4.69) is 77.0 Å². The molecule has 0 saturated heterocycles. The maximum atomic E-state index is 12.1. The fourth-order valence-electron chi connectivity index (χ4n) is 13.3. The summed E-state index contributed by atoms with van der Waals surface area (Å²) in [5.41, 5.74) is 5.75. The molecule has 6 nitrogen and oxygen atoms in total. The molecule has 0 bridgehead atoms. The second-order valence-corrected chi connectivity index (χ2v) is 18.0. The Morgan fingerprint density at radius 2 is 1.57 bits per heavy atom. The number of ether oxygens (including phenoxy) is 2. The Hall–Kier alpha value is -2.44. The van der Waals surface area contributed by atoms with Gasteiger partial charge in [-0.25, -0.2) is 4.79 Å². The van der Waals surface area contributed by atoms with E-state index in [1.165, 1.54) is 82.3 Å². The number of allylic oxidation sites excluding steroid dienone is 3. The number of fused-ring (bicyclic) bond motifs is 7. The summed E-state index contributed by atoms with van der Waals surface area (Å²) in [4.78, 5) is 23.7. The third kappa shape index (κ3) is 5.76. The fourth-order valence-corrected chi connectivity index (χ4v) is 13.3. The van der Waals surface area contributed by atoms with Crippen molar-refractivity contribution in [1.82, 2.24) is 10.6 Å². The maximum absolute atomic E-state index is 12.1. The Balaban J connectivity index is 1.24. The molecule has 9 unspecified atom stereocenters. The van der Waals surface area contributed by atoms with E-state index in [0.717, 1.165) is 19.5 Å². The van der Waals surface area contributed by atoms with Crippen LogP contribution in [0.15, 0.2) is 42.5 Å². The number of nitrogens with one attached hydrogen (secondary N) is 2. The minimum Gasteiger partial charge on any atom is -0.469 e. The first-order valence-electron chi connectivity index (χ1n) is 19.3. The van der Waals surface area contributed by atoms with Gasteiger partial charge in [0.2, 0.25) is 0 Å². The van der Waals surface area contributed by atoms with Crippen LogP contribution >= 0.6 is 0 Å². The minimum absolute atomic E-state index is 0.0475. The highest BCUT2D eigenvalue weighted by Crippen LogP contribution is 2.76. The smallest absolute Gasteiger partial charge is 0.337 e. The number of carbonyl (C=O) groups excluding carboxylic acids is 2. The highest BCUT2D eigenvalue weighted by atomic mass is 16.5. The van der Waals surface area contributed by atoms with Crippen LogP contribution in [0, 0.1) is 51.2 Å². The quantitative estimate of drug-likeness (QED) is 0.147. The van der Waals surface area contributed by atoms with Gasteiger partial charge in [-0.05, 0) is 139 Å². The fraction of sp³-hybridized carbons (Fsp3) is 0.721. The Labute approximate surface area is 296 Å². The summed E-state index contributed by atoms with van der Waals surface area (Å²) in [6, 6.07) is 8.10. The van der Waals surface area contributed by atoms with Crippen LogP contribution in [0.4, 0.5) is 0 Å². The third-order valence-electron chi connectivity index (χ3n) is 15.8. The molecule has 5 aliphatic carbocycles. The number of hydrogen-bond donors (Lipinski definition) is 2. The van der Waals surface area contributed by atoms with Crippen molar-refractivity contribution in [3.05, 3.63) is 53.6 Å². The number of rotatable bonds is 10. The molecule has 4 fully saturated rings. The molecule has 0 radical (unpaired) electrons. The molecule has 6 heteroatoms. The molecule has 0 heterocycles. The van der Waals surface area contributed by atoms with Crippen molar-refractivity contribution >= 4 is 17.5 Å². The van der Waals surface area contributed by atoms with Crippen molar-refractivity contribution in [3.63, 3.8) is 0 Å². The predicted molar refractivity (Wildman–Crippen MR) is 198 cm³/mol. The van der Waals surface area contributed by atoms with Crippen LogP contribution in [0.2, 0.25) is 0 Å². The normalized spacial score (nSPS) is 39.0. The first-order chi connectivity index (χ1) is 23.2. The van der Waals surface area contributed by atoms with Crippen LogP contribution in [0.25, 0.3) is 5.57 Å². The van der Waals surface area contributed by atoms with E-state index in [-0.39, 0.29) is 28.3 Å². The molecule has 0 amide bonds. The monoisotopic (exact) mass is 672 g/mol. The van der Waals surface area contributed by atoms with Gasteiger partial charge in [0.25, 0.3) is 0 Å². The van der Waals surface area contributed by atoms with E-state index in [1.807, 2.05) is 12.1 Å². The van der Waals surface area contributed by atoms with Gasteiger partial charge in [-0.3, -0.25) is 4.79 Å². The van der Waals surface area contributed by atoms with Gasteiger partial charge in [-0.15, -0.1) is 0 Å². The molecule has 1 aromatic rings. The lowest BCUT2D eigenvalue weighted by Crippen LogP contribution is -2.68. The third-order valence-corrected chi connectivity index (χ3v) is 15.8. The van der Waals surface area contributed by atoms with Gasteiger partial charge in [-0.2, -0.15) is 0 Å². The molecule has 49 heavy (non-hydrogen) atoms. The molecule has 270 valence electrons. The van der Waals surface area contributed by atoms with Gasteiger partial charge >= 0.3 is 11.9 Å². The summed E-state index contributed by atoms with van der Waals surface area (Å²) in [5, 5.41) is 7.63. The zero-order chi connectivity index (χ0) is 35.4. The van der Waals surface area contributed by atoms with Crippen molar-refractivity contribution in [1.29, 1.82) is 0 Å². The van der Waals surface area contributed by atoms with Crippen LogP contribution in [-0.4, -0.2) is 51.3 Å². The second kappa shape index (κ2) is 13.3. The molecule has 5 aliphatic rings. The summed E-state index contributed by atoms with van der Waals surface area (Å²) in [6.07, 6.45) is 14.4. The van der Waals surface area contributed by atoms with Crippen molar-refractivity contribution in [2.24, 2.45) is 51.2 Å². The molecule has 4 saturated carbocycles. The molecular weight excluding hydrogens is 608 g/mol. The lowest BCUT2D eigenvalue weighted by atomic mass is 9.33. The van der Waals surface area contributed by atoms with Gasteiger partial charge < -0.3 is 20.1 Å². The van der Waals surface area contributed by atoms with Gasteiger partial charge in [0.05, 0.1) is 26.2 Å². The summed E-state index contributed by atoms with van der Waals surface area (Å²) < 4.78 is 9.77. The predicted octanol–water partition coefficient (Wildman–Crippen LogP) is 8.62. The Bertz CT molecular complexity index is 1460. The zero-order valence-electron chi connectivity index (χ0n) is 31.8. The SMILES string of the molecule is C=C(C)C1CCC2(NCCNCCC(=O)OC)CCC3(C)C(CCC4C5(C)CC=C(c6ccc(C(=O)OC)cc6)C(C)(C)C5CCC43C)C12. The number of esters is 2. The van der Waals surface area contributed by atoms with E-state index in [9.17, 15) is 9.59 Å². The average Bonchev–Trinajstić information content (AvgIpc) is 3.46. The van der Waals surface area contributed by atoms with Crippen LogP contribution in [0.1, 0.15) is 122 Å². The first-order valence-corrected chi connectivity index (χ1v) is 19.3. The molecular formula is C43H64N2O4. The highest BCUT2D eigenvalue weighted by molar-refractivity contribution is 5.90. The van der Waals surface area contributed by atoms with E-state index in [4.69, 9.17) is 9.47 Å². The van der Waals surface area contributed by atoms with Crippen LogP contribution in [0.5, 0.6) is 0 Å². The highest BCUT2D eigenvalue weighted by Gasteiger charge is 2.70. The second-order valence-electron chi connectivity index (χ2n) is 18.0. The van der Waals surface area contributed by atoms with E-state index in [0.29, 0.717) is 58.9 Å². The van der Waals surface area contributed by atoms with Crippen LogP contribution in [0.3, 0.4) is 0 Å². The summed E-state index contributed by atoms with van der Waals surface area (Å²) >= 11 is 0. The van der Waals surface area contributed by atoms with Gasteiger partial charge in [0.15, 0.2) is 0 Å². The van der Waals surface area contributed by atoms with Crippen molar-refractivity contribution < 1.29 is 19.1 Å². The van der Waals surface area contributed by atoms with Crippen LogP contribution < -0.4 is 10.6 Å². The molecule has 1 aromatic carbocycles. The number of methoxy groups -OCH3 is 2. The summed E-state index contributed by atoms with van der Waals surface area (Å²) in [5.74, 6) is 2.79. The first kappa shape index (κ1) is 36.4. The van der Waals surface area contributed by atoms with Crippen molar-refractivity contribution in [2.75, 3.05) is 33.9 Å². The zero-order valence-corrected chi connectivity index (χ0v) is 31.8. The number of benzene rings is 1. The molecule has 2 N–H and O–H groups in total. The standard InChI is InChI=1S/C43H64N2O4/c1-28(2)31-16-22-43(45-27-26-44-25-19-36(46)48-8)24-23-41(6)33(37(31)43)14-15-35-40(5)20-17-32(29-10-12-30(13-11-29)38(47)49-9)39(3,4)34(40)18-21-42(35,41)7/h10-13,17,31,33-35,37,44-45H,1,14-16,18-27H2,2-9H3. The maximum Gasteiger partial charge on any atom is 0.337 e. The summed E-state index contributed by atoms with van der Waals surface area (Å²) in [7, 11) is 2.90. The average molecular weight is 673 g/mol. The molecule has 0 aliphatic heterocycles. The van der Waals surface area contributed by atoms with Crippen LogP contribution in [-0.2, 0) is 14.3 Å². The Morgan fingerprint density at radius 3 is 2.24 bits per heavy atom. The number of carbonyl (C=O) groups is 2. The minimum atomic E-state index is -0.279. The Morgan fingerprint density at radius 1 is 0.837 bits per heavy atom. The van der Waals surface area contributed by atoms with E-state index >= 15 is 0 Å². The lowest BCUT2D eigenvalue weighted by Gasteiger charge is -2.72. The van der Waals surface area contributed by atoms with Gasteiger partial charge in [0.1, 0.15) is 0 Å². The summed E-state index contributed by atoms with van der Waals surface area (Å²) in [6.45, 7) is 22.4. The Kier molecular flexibility index (Phi) is 9.85. The molecule has 6 rings (SSSR count). The van der Waals surface area contributed by atoms with Gasteiger partial charge in [0, 0.05) is 25.2 Å². The molecule has 0 spiro atoms. The van der Waals surface area contributed by atoms with E-state index in [1.54, 1.807) is 0 Å². The van der Waals surface area contributed by atoms with Crippen molar-refractivity contribution in [3.8, 4) is 0 Å². The van der Waals surface area contributed by atoms with Gasteiger partial charge in [-0.1, -0.05) is 65.0 Å². The van der Waals surface area contributed by atoms with Crippen molar-refractivity contribution in [2.45, 2.75) is 111 Å². The molecule has 0 aromatic heterocycles. The lowest BCUT2D eigenvalue weighted by molar-refractivity contribution is -0.219. The number of hydrogen-bond acceptors (Lipinski definition) is 6. The molecule has 9 atom stereocenters. The van der Waals surface area contributed by atoms with E-state index < -0.39 is 0 Å². The topological polar surface area (TPSA) is 76.7 Å². The largest absolute Gasteiger partial charge is 0.469 e.